The lowest BCUT2D eigenvalue weighted by Gasteiger charge is -2.26. The molecule has 0 radical (unpaired) electrons. The quantitative estimate of drug-likeness (QED) is 0.786. The number of benzene rings is 1. The van der Waals surface area contributed by atoms with Crippen molar-refractivity contribution in [1.29, 1.82) is 0 Å². The van der Waals surface area contributed by atoms with Crippen LogP contribution in [-0.4, -0.2) is 36.8 Å². The lowest BCUT2D eigenvalue weighted by atomic mass is 9.98. The van der Waals surface area contributed by atoms with Crippen molar-refractivity contribution in [2.75, 3.05) is 14.2 Å². The van der Waals surface area contributed by atoms with Gasteiger partial charge in [0.1, 0.15) is 6.61 Å². The maximum atomic E-state index is 11.8. The summed E-state index contributed by atoms with van der Waals surface area (Å²) >= 11 is 0. The number of carbonyl (C=O) groups excluding carboxylic acids is 2. The molecule has 1 aromatic rings. The maximum Gasteiger partial charge on any atom is 0.407 e. The first-order valence-corrected chi connectivity index (χ1v) is 7.13. The molecule has 0 spiro atoms. The molecule has 0 aromatic heterocycles. The molecule has 0 saturated heterocycles. The Kier molecular flexibility index (Phi) is 6.85. The van der Waals surface area contributed by atoms with Crippen LogP contribution in [-0.2, 0) is 21.0 Å². The van der Waals surface area contributed by atoms with E-state index in [2.05, 4.69) is 5.32 Å². The summed E-state index contributed by atoms with van der Waals surface area (Å²) in [6, 6.07) is 9.45. The average molecular weight is 308 g/mol. The van der Waals surface area contributed by atoms with E-state index >= 15 is 0 Å². The SMILES string of the molecule is CON(C)C(=O)CCC(C)(C)NC(=O)OCc1ccccc1. The Morgan fingerprint density at radius 1 is 1.23 bits per heavy atom. The predicted octanol–water partition coefficient (Wildman–Crippen LogP) is 2.49. The Morgan fingerprint density at radius 3 is 2.45 bits per heavy atom. The fourth-order valence-electron chi connectivity index (χ4n) is 1.78. The summed E-state index contributed by atoms with van der Waals surface area (Å²) in [6.45, 7) is 3.90. The highest BCUT2D eigenvalue weighted by molar-refractivity contribution is 5.75. The number of nitrogens with zero attached hydrogens (tertiary/aromatic N) is 1. The van der Waals surface area contributed by atoms with Crippen LogP contribution in [0.4, 0.5) is 4.79 Å². The highest BCUT2D eigenvalue weighted by Crippen LogP contribution is 2.13. The van der Waals surface area contributed by atoms with Gasteiger partial charge in [0.15, 0.2) is 0 Å². The van der Waals surface area contributed by atoms with Crippen LogP contribution in [0.2, 0.25) is 0 Å². The summed E-state index contributed by atoms with van der Waals surface area (Å²) in [6.07, 6.45) is 0.261. The van der Waals surface area contributed by atoms with E-state index in [0.29, 0.717) is 6.42 Å². The average Bonchev–Trinajstić information content (AvgIpc) is 2.50. The van der Waals surface area contributed by atoms with Gasteiger partial charge < -0.3 is 10.1 Å². The number of hydrogen-bond acceptors (Lipinski definition) is 4. The Morgan fingerprint density at radius 2 is 1.86 bits per heavy atom. The fraction of sp³-hybridized carbons (Fsp3) is 0.500. The van der Waals surface area contributed by atoms with Crippen molar-refractivity contribution in [2.45, 2.75) is 38.8 Å². The summed E-state index contributed by atoms with van der Waals surface area (Å²) in [4.78, 5) is 28.3. The van der Waals surface area contributed by atoms with E-state index in [4.69, 9.17) is 9.57 Å². The molecule has 0 fully saturated rings. The predicted molar refractivity (Wildman–Crippen MR) is 82.9 cm³/mol. The summed E-state index contributed by atoms with van der Waals surface area (Å²) in [5.74, 6) is -0.143. The molecule has 1 aromatic carbocycles. The van der Waals surface area contributed by atoms with Gasteiger partial charge in [-0.15, -0.1) is 0 Å². The molecule has 0 atom stereocenters. The van der Waals surface area contributed by atoms with Crippen molar-refractivity contribution in [3.05, 3.63) is 35.9 Å². The van der Waals surface area contributed by atoms with Crippen LogP contribution in [0.1, 0.15) is 32.3 Å². The van der Waals surface area contributed by atoms with Crippen molar-refractivity contribution < 1.29 is 19.2 Å². The molecule has 122 valence electrons. The van der Waals surface area contributed by atoms with Crippen LogP contribution in [0.25, 0.3) is 0 Å². The Balaban J connectivity index is 2.36. The van der Waals surface area contributed by atoms with Crippen molar-refractivity contribution in [1.82, 2.24) is 10.4 Å². The zero-order chi connectivity index (χ0) is 16.6. The van der Waals surface area contributed by atoms with Crippen molar-refractivity contribution in [3.63, 3.8) is 0 Å². The molecule has 0 bridgehead atoms. The molecule has 1 N–H and O–H groups in total. The standard InChI is InChI=1S/C16H24N2O4/c1-16(2,11-10-14(19)18(3)21-4)17-15(20)22-12-13-8-6-5-7-9-13/h5-9H,10-12H2,1-4H3,(H,17,20). The molecule has 0 aliphatic heterocycles. The number of rotatable bonds is 7. The van der Waals surface area contributed by atoms with Gasteiger partial charge in [-0.05, 0) is 25.8 Å². The van der Waals surface area contributed by atoms with E-state index in [9.17, 15) is 9.59 Å². The number of ether oxygens (including phenoxy) is 1. The van der Waals surface area contributed by atoms with Gasteiger partial charge in [0.25, 0.3) is 0 Å². The van der Waals surface area contributed by atoms with Crippen LogP contribution < -0.4 is 5.32 Å². The zero-order valence-corrected chi connectivity index (χ0v) is 13.6. The highest BCUT2D eigenvalue weighted by Gasteiger charge is 2.23. The van der Waals surface area contributed by atoms with E-state index in [1.807, 2.05) is 44.2 Å². The largest absolute Gasteiger partial charge is 0.445 e. The zero-order valence-electron chi connectivity index (χ0n) is 13.6. The summed E-state index contributed by atoms with van der Waals surface area (Å²) < 4.78 is 5.17. The number of hydroxylamine groups is 2. The molecule has 0 saturated carbocycles. The van der Waals surface area contributed by atoms with Gasteiger partial charge in [0.2, 0.25) is 5.91 Å². The molecule has 0 aliphatic rings. The van der Waals surface area contributed by atoms with Crippen molar-refractivity contribution in [2.24, 2.45) is 0 Å². The van der Waals surface area contributed by atoms with E-state index in [-0.39, 0.29) is 18.9 Å². The van der Waals surface area contributed by atoms with Gasteiger partial charge in [-0.3, -0.25) is 9.63 Å². The number of hydrogen-bond donors (Lipinski definition) is 1. The third-order valence-electron chi connectivity index (χ3n) is 3.24. The van der Waals surface area contributed by atoms with E-state index < -0.39 is 11.6 Å². The minimum atomic E-state index is -0.544. The van der Waals surface area contributed by atoms with Crippen LogP contribution >= 0.6 is 0 Å². The molecular weight excluding hydrogens is 284 g/mol. The fourth-order valence-corrected chi connectivity index (χ4v) is 1.78. The van der Waals surface area contributed by atoms with Gasteiger partial charge in [0, 0.05) is 19.0 Å². The first-order chi connectivity index (χ1) is 10.3. The third kappa shape index (κ3) is 6.58. The smallest absolute Gasteiger partial charge is 0.407 e. The molecule has 1 rings (SSSR count). The van der Waals surface area contributed by atoms with Crippen LogP contribution in [0.5, 0.6) is 0 Å². The Hall–Kier alpha value is -2.08. The van der Waals surface area contributed by atoms with Gasteiger partial charge in [-0.1, -0.05) is 30.3 Å². The van der Waals surface area contributed by atoms with Crippen molar-refractivity contribution in [3.8, 4) is 0 Å². The second kappa shape index (κ2) is 8.38. The second-order valence-corrected chi connectivity index (χ2v) is 5.64. The van der Waals surface area contributed by atoms with Gasteiger partial charge in [-0.2, -0.15) is 0 Å². The number of nitrogens with one attached hydrogen (secondary N) is 1. The molecule has 0 unspecified atom stereocenters. The minimum Gasteiger partial charge on any atom is -0.445 e. The van der Waals surface area contributed by atoms with Crippen molar-refractivity contribution >= 4 is 12.0 Å². The summed E-state index contributed by atoms with van der Waals surface area (Å²) in [5.41, 5.74) is 0.380. The van der Waals surface area contributed by atoms with E-state index in [0.717, 1.165) is 5.56 Å². The number of alkyl carbamates (subject to hydrolysis) is 1. The van der Waals surface area contributed by atoms with Crippen LogP contribution in [0, 0.1) is 0 Å². The first kappa shape index (κ1) is 18.0. The van der Waals surface area contributed by atoms with Crippen LogP contribution in [0.15, 0.2) is 30.3 Å². The lowest BCUT2D eigenvalue weighted by molar-refractivity contribution is -0.169. The van der Waals surface area contributed by atoms with Gasteiger partial charge in [0.05, 0.1) is 7.11 Å². The summed E-state index contributed by atoms with van der Waals surface area (Å²) in [7, 11) is 2.99. The van der Waals surface area contributed by atoms with E-state index in [1.165, 1.54) is 12.2 Å². The highest BCUT2D eigenvalue weighted by atomic mass is 16.7. The van der Waals surface area contributed by atoms with Crippen LogP contribution in [0.3, 0.4) is 0 Å². The minimum absolute atomic E-state index is 0.143. The number of amides is 2. The molecular formula is C16H24N2O4. The molecule has 2 amide bonds. The monoisotopic (exact) mass is 308 g/mol. The Labute approximate surface area is 131 Å². The second-order valence-electron chi connectivity index (χ2n) is 5.64. The normalized spacial score (nSPS) is 10.9. The van der Waals surface area contributed by atoms with Gasteiger partial charge >= 0.3 is 6.09 Å². The lowest BCUT2D eigenvalue weighted by Crippen LogP contribution is -2.44. The topological polar surface area (TPSA) is 67.9 Å². The molecule has 0 heterocycles. The maximum absolute atomic E-state index is 11.8. The molecule has 6 heteroatoms. The Bertz CT molecular complexity index is 488. The third-order valence-corrected chi connectivity index (χ3v) is 3.24. The molecule has 6 nitrogen and oxygen atoms in total. The number of carbonyl (C=O) groups is 2. The summed E-state index contributed by atoms with van der Waals surface area (Å²) in [5, 5.41) is 3.94. The molecule has 22 heavy (non-hydrogen) atoms. The first-order valence-electron chi connectivity index (χ1n) is 7.13. The van der Waals surface area contributed by atoms with E-state index in [1.54, 1.807) is 7.05 Å². The van der Waals surface area contributed by atoms with Gasteiger partial charge in [-0.25, -0.2) is 9.86 Å². The molecule has 0 aliphatic carbocycles.